The Morgan fingerprint density at radius 2 is 2.28 bits per heavy atom. The highest BCUT2D eigenvalue weighted by Crippen LogP contribution is 2.33. The lowest BCUT2D eigenvalue weighted by Crippen LogP contribution is -2.28. The van der Waals surface area contributed by atoms with Crippen LogP contribution < -0.4 is 5.69 Å². The number of aromatic nitrogens is 5. The quantitative estimate of drug-likeness (QED) is 0.754. The maximum Gasteiger partial charge on any atom is 0.343 e. The third kappa shape index (κ3) is 2.77. The molecule has 3 aromatic heterocycles. The first-order chi connectivity index (χ1) is 12.2. The molecule has 1 fully saturated rings. The molecule has 0 radical (unpaired) electrons. The SMILES string of the molecule is CCn1c([C@@H]2C[C@H](OC)CN2Cc2cccc3nccn23)n[nH]c1=O. The Bertz CT molecular complexity index is 927. The van der Waals surface area contributed by atoms with E-state index in [1.807, 2.05) is 25.3 Å². The van der Waals surface area contributed by atoms with Crippen molar-refractivity contribution in [3.8, 4) is 0 Å². The van der Waals surface area contributed by atoms with Crippen LogP contribution in [0.5, 0.6) is 0 Å². The fourth-order valence-corrected chi connectivity index (χ4v) is 3.71. The zero-order valence-corrected chi connectivity index (χ0v) is 14.4. The molecule has 0 spiro atoms. The highest BCUT2D eigenvalue weighted by atomic mass is 16.5. The van der Waals surface area contributed by atoms with Crippen LogP contribution in [0.1, 0.15) is 30.9 Å². The largest absolute Gasteiger partial charge is 0.380 e. The van der Waals surface area contributed by atoms with E-state index < -0.39 is 0 Å². The molecule has 0 bridgehead atoms. The van der Waals surface area contributed by atoms with E-state index >= 15 is 0 Å². The third-order valence-electron chi connectivity index (χ3n) is 4.98. The van der Waals surface area contributed by atoms with E-state index in [9.17, 15) is 4.79 Å². The Balaban J connectivity index is 1.68. The second-order valence-corrected chi connectivity index (χ2v) is 6.34. The maximum absolute atomic E-state index is 12.0. The molecule has 4 heterocycles. The molecule has 8 heteroatoms. The molecule has 3 aromatic rings. The number of nitrogens with zero attached hydrogens (tertiary/aromatic N) is 5. The molecule has 25 heavy (non-hydrogen) atoms. The average molecular weight is 342 g/mol. The highest BCUT2D eigenvalue weighted by Gasteiger charge is 2.36. The Morgan fingerprint density at radius 3 is 3.08 bits per heavy atom. The molecule has 132 valence electrons. The third-order valence-corrected chi connectivity index (χ3v) is 4.98. The maximum atomic E-state index is 12.0. The Labute approximate surface area is 145 Å². The predicted octanol–water partition coefficient (Wildman–Crippen LogP) is 1.20. The molecule has 0 unspecified atom stereocenters. The topological polar surface area (TPSA) is 80.5 Å². The van der Waals surface area contributed by atoms with Gasteiger partial charge < -0.3 is 9.14 Å². The van der Waals surface area contributed by atoms with Crippen LogP contribution >= 0.6 is 0 Å². The van der Waals surface area contributed by atoms with Crippen molar-refractivity contribution < 1.29 is 4.74 Å². The summed E-state index contributed by atoms with van der Waals surface area (Å²) in [6.07, 6.45) is 4.73. The molecule has 4 rings (SSSR count). The van der Waals surface area contributed by atoms with Crippen LogP contribution in [0.2, 0.25) is 0 Å². The number of hydrogen-bond acceptors (Lipinski definition) is 5. The van der Waals surface area contributed by atoms with Crippen molar-refractivity contribution in [3.63, 3.8) is 0 Å². The molecule has 1 aliphatic rings. The number of rotatable bonds is 5. The summed E-state index contributed by atoms with van der Waals surface area (Å²) in [6, 6.07) is 6.16. The number of nitrogens with one attached hydrogen (secondary N) is 1. The summed E-state index contributed by atoms with van der Waals surface area (Å²) in [5, 5.41) is 6.87. The van der Waals surface area contributed by atoms with Gasteiger partial charge in [-0.1, -0.05) is 6.07 Å². The van der Waals surface area contributed by atoms with Gasteiger partial charge in [-0.3, -0.25) is 9.47 Å². The fraction of sp³-hybridized carbons (Fsp3) is 0.471. The van der Waals surface area contributed by atoms with Gasteiger partial charge in [0.15, 0.2) is 5.82 Å². The summed E-state index contributed by atoms with van der Waals surface area (Å²) in [5.74, 6) is 0.782. The average Bonchev–Trinajstić information content (AvgIpc) is 3.32. The highest BCUT2D eigenvalue weighted by molar-refractivity contribution is 5.39. The van der Waals surface area contributed by atoms with Crippen LogP contribution in [-0.4, -0.2) is 48.8 Å². The standard InChI is InChI=1S/C17H22N6O2/c1-3-22-16(19-20-17(22)24)14-9-13(25-2)11-21(14)10-12-5-4-6-15-18-7-8-23(12)15/h4-8,13-14H,3,9-11H2,1-2H3,(H,20,24)/t13-,14-/m0/s1. The lowest BCUT2D eigenvalue weighted by molar-refractivity contribution is 0.107. The molecule has 0 aliphatic carbocycles. The molecule has 2 atom stereocenters. The van der Waals surface area contributed by atoms with Crippen LogP contribution in [-0.2, 0) is 17.8 Å². The second-order valence-electron chi connectivity index (χ2n) is 6.34. The van der Waals surface area contributed by atoms with Gasteiger partial charge in [0.25, 0.3) is 0 Å². The van der Waals surface area contributed by atoms with E-state index in [2.05, 4.69) is 30.5 Å². The molecule has 1 aliphatic heterocycles. The van der Waals surface area contributed by atoms with E-state index in [4.69, 9.17) is 4.74 Å². The number of aromatic amines is 1. The van der Waals surface area contributed by atoms with Gasteiger partial charge in [0.05, 0.1) is 12.1 Å². The van der Waals surface area contributed by atoms with Crippen molar-refractivity contribution >= 4 is 5.65 Å². The molecule has 0 aromatic carbocycles. The normalized spacial score (nSPS) is 21.4. The minimum Gasteiger partial charge on any atom is -0.380 e. The van der Waals surface area contributed by atoms with Crippen LogP contribution in [0.3, 0.4) is 0 Å². The van der Waals surface area contributed by atoms with E-state index in [1.165, 1.54) is 0 Å². The first-order valence-corrected chi connectivity index (χ1v) is 8.54. The smallest absolute Gasteiger partial charge is 0.343 e. The van der Waals surface area contributed by atoms with Gasteiger partial charge in [0.1, 0.15) is 5.65 Å². The summed E-state index contributed by atoms with van der Waals surface area (Å²) in [5.41, 5.74) is 1.93. The lowest BCUT2D eigenvalue weighted by atomic mass is 10.2. The predicted molar refractivity (Wildman–Crippen MR) is 92.3 cm³/mol. The number of methoxy groups -OCH3 is 1. The number of imidazole rings is 1. The minimum atomic E-state index is -0.157. The van der Waals surface area contributed by atoms with Crippen molar-refractivity contribution in [2.75, 3.05) is 13.7 Å². The minimum absolute atomic E-state index is 0.0441. The van der Waals surface area contributed by atoms with Gasteiger partial charge in [0.2, 0.25) is 0 Å². The van der Waals surface area contributed by atoms with Gasteiger partial charge in [-0.2, -0.15) is 5.10 Å². The summed E-state index contributed by atoms with van der Waals surface area (Å²) < 4.78 is 9.39. The summed E-state index contributed by atoms with van der Waals surface area (Å²) in [4.78, 5) is 18.6. The fourth-order valence-electron chi connectivity index (χ4n) is 3.71. The van der Waals surface area contributed by atoms with Crippen LogP contribution in [0.15, 0.2) is 35.4 Å². The van der Waals surface area contributed by atoms with E-state index in [1.54, 1.807) is 17.9 Å². The number of pyridine rings is 1. The van der Waals surface area contributed by atoms with Crippen molar-refractivity contribution in [3.05, 3.63) is 52.6 Å². The van der Waals surface area contributed by atoms with Crippen molar-refractivity contribution in [1.82, 2.24) is 29.0 Å². The molecular weight excluding hydrogens is 320 g/mol. The van der Waals surface area contributed by atoms with Crippen LogP contribution in [0, 0.1) is 0 Å². The molecule has 8 nitrogen and oxygen atoms in total. The van der Waals surface area contributed by atoms with Crippen molar-refractivity contribution in [2.24, 2.45) is 0 Å². The summed E-state index contributed by atoms with van der Waals surface area (Å²) in [6.45, 7) is 4.10. The summed E-state index contributed by atoms with van der Waals surface area (Å²) >= 11 is 0. The number of H-pyrrole nitrogens is 1. The van der Waals surface area contributed by atoms with Gasteiger partial charge in [-0.25, -0.2) is 14.9 Å². The number of hydrogen-bond donors (Lipinski definition) is 1. The Kier molecular flexibility index (Phi) is 4.14. The van der Waals surface area contributed by atoms with Crippen LogP contribution in [0.4, 0.5) is 0 Å². The first kappa shape index (κ1) is 16.0. The van der Waals surface area contributed by atoms with Gasteiger partial charge in [-0.15, -0.1) is 0 Å². The Morgan fingerprint density at radius 1 is 1.40 bits per heavy atom. The number of fused-ring (bicyclic) bond motifs is 1. The Hall–Kier alpha value is -2.45. The number of likely N-dealkylation sites (tertiary alicyclic amines) is 1. The zero-order chi connectivity index (χ0) is 17.4. The lowest BCUT2D eigenvalue weighted by Gasteiger charge is -2.24. The summed E-state index contributed by atoms with van der Waals surface area (Å²) in [7, 11) is 1.74. The van der Waals surface area contributed by atoms with Crippen molar-refractivity contribution in [2.45, 2.75) is 38.6 Å². The molecule has 1 saturated heterocycles. The van der Waals surface area contributed by atoms with Crippen LogP contribution in [0.25, 0.3) is 5.65 Å². The van der Waals surface area contributed by atoms with Gasteiger partial charge >= 0.3 is 5.69 Å². The molecular formula is C17H22N6O2. The monoisotopic (exact) mass is 342 g/mol. The van der Waals surface area contributed by atoms with E-state index in [0.29, 0.717) is 6.54 Å². The molecule has 0 saturated carbocycles. The number of ether oxygens (including phenoxy) is 1. The molecule has 1 N–H and O–H groups in total. The van der Waals surface area contributed by atoms with Gasteiger partial charge in [-0.05, 0) is 25.5 Å². The van der Waals surface area contributed by atoms with Crippen molar-refractivity contribution in [1.29, 1.82) is 0 Å². The van der Waals surface area contributed by atoms with Gasteiger partial charge in [0, 0.05) is 44.8 Å². The van der Waals surface area contributed by atoms with E-state index in [-0.39, 0.29) is 17.8 Å². The van der Waals surface area contributed by atoms with E-state index in [0.717, 1.165) is 36.7 Å². The zero-order valence-electron chi connectivity index (χ0n) is 14.4. The second kappa shape index (κ2) is 6.45. The molecule has 0 amide bonds. The first-order valence-electron chi connectivity index (χ1n) is 8.54.